The third-order valence-corrected chi connectivity index (χ3v) is 2.87. The first-order chi connectivity index (χ1) is 5.84. The van der Waals surface area contributed by atoms with E-state index in [-0.39, 0.29) is 0 Å². The number of aryl methyl sites for hydroxylation is 1. The maximum Gasteiger partial charge on any atom is 0.129 e. The summed E-state index contributed by atoms with van der Waals surface area (Å²) in [7, 11) is 5.77. The van der Waals surface area contributed by atoms with Gasteiger partial charge in [-0.2, -0.15) is 11.3 Å². The van der Waals surface area contributed by atoms with E-state index in [2.05, 4.69) is 18.4 Å². The highest BCUT2D eigenvalue weighted by atomic mass is 32.1. The van der Waals surface area contributed by atoms with Crippen LogP contribution in [0.25, 0.3) is 0 Å². The van der Waals surface area contributed by atoms with E-state index < -0.39 is 0 Å². The molecule has 0 N–H and O–H groups in total. The largest absolute Gasteiger partial charge is 0.160 e. The van der Waals surface area contributed by atoms with Crippen molar-refractivity contribution in [3.05, 3.63) is 17.0 Å². The Morgan fingerprint density at radius 1 is 1.33 bits per heavy atom. The molecule has 0 saturated heterocycles. The van der Waals surface area contributed by atoms with Crippen molar-refractivity contribution < 1.29 is 0 Å². The predicted octanol–water partition coefficient (Wildman–Crippen LogP) is 2.66. The third-order valence-electron chi connectivity index (χ3n) is 2.08. The van der Waals surface area contributed by atoms with Crippen molar-refractivity contribution in [1.82, 2.24) is 0 Å². The van der Waals surface area contributed by atoms with E-state index >= 15 is 0 Å². The second kappa shape index (κ2) is 5.42. The molecule has 1 aromatic rings. The summed E-state index contributed by atoms with van der Waals surface area (Å²) < 4.78 is 1.01. The standard InChI is InChI=1S/C10H15BS/c1-2-3-4-5-6-9-7-8-12-10(9)11/h7-8H,2-6H2,1H3. The van der Waals surface area contributed by atoms with Crippen LogP contribution in [0.15, 0.2) is 11.4 Å². The van der Waals surface area contributed by atoms with Crippen molar-refractivity contribution in [2.75, 3.05) is 0 Å². The lowest BCUT2D eigenvalue weighted by molar-refractivity contribution is 0.668. The van der Waals surface area contributed by atoms with E-state index in [0.717, 1.165) is 11.2 Å². The van der Waals surface area contributed by atoms with Gasteiger partial charge in [-0.25, -0.2) is 0 Å². The quantitative estimate of drug-likeness (QED) is 0.480. The van der Waals surface area contributed by atoms with Crippen LogP contribution in [0.2, 0.25) is 0 Å². The van der Waals surface area contributed by atoms with Crippen LogP contribution in [0.1, 0.15) is 38.2 Å². The Bertz CT molecular complexity index is 217. The van der Waals surface area contributed by atoms with Crippen molar-refractivity contribution in [2.24, 2.45) is 0 Å². The van der Waals surface area contributed by atoms with Crippen LogP contribution in [0.4, 0.5) is 0 Å². The number of rotatable bonds is 5. The van der Waals surface area contributed by atoms with Crippen molar-refractivity contribution >= 4 is 24.0 Å². The van der Waals surface area contributed by atoms with Gasteiger partial charge in [0.2, 0.25) is 0 Å². The first kappa shape index (κ1) is 9.85. The fourth-order valence-electron chi connectivity index (χ4n) is 1.30. The molecule has 0 spiro atoms. The smallest absolute Gasteiger partial charge is 0.129 e. The van der Waals surface area contributed by atoms with Gasteiger partial charge in [0.25, 0.3) is 0 Å². The summed E-state index contributed by atoms with van der Waals surface area (Å²) >= 11 is 1.65. The van der Waals surface area contributed by atoms with Crippen molar-refractivity contribution in [3.8, 4) is 0 Å². The Balaban J connectivity index is 2.20. The van der Waals surface area contributed by atoms with E-state index in [9.17, 15) is 0 Å². The molecule has 0 unspecified atom stereocenters. The van der Waals surface area contributed by atoms with Crippen molar-refractivity contribution in [1.29, 1.82) is 0 Å². The normalized spacial score (nSPS) is 10.4. The van der Waals surface area contributed by atoms with Crippen LogP contribution in [0.5, 0.6) is 0 Å². The Morgan fingerprint density at radius 3 is 2.75 bits per heavy atom. The molecule has 1 rings (SSSR count). The molecular formula is C10H15BS. The van der Waals surface area contributed by atoms with Crippen LogP contribution in [0.3, 0.4) is 0 Å². The molecule has 0 aliphatic rings. The van der Waals surface area contributed by atoms with E-state index in [1.807, 2.05) is 0 Å². The molecule has 1 heterocycles. The minimum atomic E-state index is 1.01. The molecular weight excluding hydrogens is 163 g/mol. The molecule has 64 valence electrons. The Hall–Kier alpha value is -0.235. The van der Waals surface area contributed by atoms with Gasteiger partial charge in [-0.05, 0) is 34.6 Å². The van der Waals surface area contributed by atoms with Crippen molar-refractivity contribution in [2.45, 2.75) is 39.0 Å². The Morgan fingerprint density at radius 2 is 2.17 bits per heavy atom. The SMILES string of the molecule is [B]c1sccc1CCCCCC. The summed E-state index contributed by atoms with van der Waals surface area (Å²) in [6, 6.07) is 2.14. The fourth-order valence-corrected chi connectivity index (χ4v) is 2.00. The van der Waals surface area contributed by atoms with E-state index in [4.69, 9.17) is 7.85 Å². The molecule has 0 aliphatic heterocycles. The number of unbranched alkanes of at least 4 members (excludes halogenated alkanes) is 3. The Kier molecular flexibility index (Phi) is 4.45. The van der Waals surface area contributed by atoms with Gasteiger partial charge in [-0.15, -0.1) is 0 Å². The fraction of sp³-hybridized carbons (Fsp3) is 0.600. The van der Waals surface area contributed by atoms with Gasteiger partial charge in [0.1, 0.15) is 7.85 Å². The lowest BCUT2D eigenvalue weighted by atomic mass is 9.98. The molecule has 12 heavy (non-hydrogen) atoms. The molecule has 0 nitrogen and oxygen atoms in total. The average molecular weight is 178 g/mol. The lowest BCUT2D eigenvalue weighted by Crippen LogP contribution is -2.02. The van der Waals surface area contributed by atoms with Gasteiger partial charge in [0.05, 0.1) is 0 Å². The topological polar surface area (TPSA) is 0 Å². The maximum absolute atomic E-state index is 5.77. The molecule has 0 saturated carbocycles. The van der Waals surface area contributed by atoms with Gasteiger partial charge in [-0.3, -0.25) is 0 Å². The molecule has 2 radical (unpaired) electrons. The second-order valence-electron chi connectivity index (χ2n) is 3.12. The highest BCUT2D eigenvalue weighted by molar-refractivity contribution is 7.18. The number of thiophene rings is 1. The highest BCUT2D eigenvalue weighted by Gasteiger charge is 1.97. The summed E-state index contributed by atoms with van der Waals surface area (Å²) in [5, 5.41) is 2.07. The van der Waals surface area contributed by atoms with Crippen molar-refractivity contribution in [3.63, 3.8) is 0 Å². The zero-order valence-electron chi connectivity index (χ0n) is 7.68. The highest BCUT2D eigenvalue weighted by Crippen LogP contribution is 2.08. The first-order valence-electron chi connectivity index (χ1n) is 4.66. The maximum atomic E-state index is 5.77. The molecule has 0 fully saturated rings. The van der Waals surface area contributed by atoms with E-state index in [1.165, 1.54) is 31.2 Å². The van der Waals surface area contributed by atoms with Crippen LogP contribution < -0.4 is 4.78 Å². The lowest BCUT2D eigenvalue weighted by Gasteiger charge is -1.99. The van der Waals surface area contributed by atoms with Crippen LogP contribution in [-0.4, -0.2) is 7.85 Å². The van der Waals surface area contributed by atoms with Crippen LogP contribution >= 0.6 is 11.3 Å². The molecule has 0 aromatic carbocycles. The van der Waals surface area contributed by atoms with Gasteiger partial charge < -0.3 is 0 Å². The number of hydrogen-bond acceptors (Lipinski definition) is 1. The predicted molar refractivity (Wildman–Crippen MR) is 57.6 cm³/mol. The average Bonchev–Trinajstić information content (AvgIpc) is 2.46. The van der Waals surface area contributed by atoms with Gasteiger partial charge >= 0.3 is 0 Å². The Labute approximate surface area is 80.4 Å². The summed E-state index contributed by atoms with van der Waals surface area (Å²) in [6.07, 6.45) is 6.44. The number of hydrogen-bond donors (Lipinski definition) is 0. The van der Waals surface area contributed by atoms with E-state index in [1.54, 1.807) is 11.3 Å². The van der Waals surface area contributed by atoms with Gasteiger partial charge in [-0.1, -0.05) is 26.2 Å². The monoisotopic (exact) mass is 178 g/mol. The molecule has 2 heteroatoms. The summed E-state index contributed by atoms with van der Waals surface area (Å²) in [5.41, 5.74) is 1.34. The summed E-state index contributed by atoms with van der Waals surface area (Å²) in [6.45, 7) is 2.24. The summed E-state index contributed by atoms with van der Waals surface area (Å²) in [5.74, 6) is 0. The molecule has 0 atom stereocenters. The third kappa shape index (κ3) is 3.02. The molecule has 0 bridgehead atoms. The van der Waals surface area contributed by atoms with Gasteiger partial charge in [0.15, 0.2) is 0 Å². The first-order valence-corrected chi connectivity index (χ1v) is 5.54. The molecule has 0 amide bonds. The summed E-state index contributed by atoms with van der Waals surface area (Å²) in [4.78, 5) is 0. The zero-order valence-corrected chi connectivity index (χ0v) is 8.49. The van der Waals surface area contributed by atoms with Crippen LogP contribution in [-0.2, 0) is 6.42 Å². The van der Waals surface area contributed by atoms with Gasteiger partial charge in [0, 0.05) is 0 Å². The minimum absolute atomic E-state index is 1.01. The zero-order chi connectivity index (χ0) is 8.81. The minimum Gasteiger partial charge on any atom is -0.160 e. The molecule has 0 aliphatic carbocycles. The van der Waals surface area contributed by atoms with Crippen LogP contribution in [0, 0.1) is 0 Å². The van der Waals surface area contributed by atoms with E-state index in [0.29, 0.717) is 0 Å². The molecule has 1 aromatic heterocycles. The second-order valence-corrected chi connectivity index (χ2v) is 4.07.